The van der Waals surface area contributed by atoms with Crippen LogP contribution >= 0.6 is 0 Å². The van der Waals surface area contributed by atoms with Crippen LogP contribution in [0.1, 0.15) is 46.0 Å². The first-order valence-corrected chi connectivity index (χ1v) is 7.77. The van der Waals surface area contributed by atoms with Gasteiger partial charge in [0, 0.05) is 32.5 Å². The maximum Gasteiger partial charge on any atom is 0.224 e. The first-order valence-electron chi connectivity index (χ1n) is 7.77. The SMILES string of the molecule is CC(C)C[C@H](CN)CC(=O)NCCC(=O)N1CCCC1. The van der Waals surface area contributed by atoms with E-state index < -0.39 is 0 Å². The summed E-state index contributed by atoms with van der Waals surface area (Å²) in [7, 11) is 0. The average Bonchev–Trinajstić information content (AvgIpc) is 2.91. The number of likely N-dealkylation sites (tertiary alicyclic amines) is 1. The zero-order valence-electron chi connectivity index (χ0n) is 12.9. The summed E-state index contributed by atoms with van der Waals surface area (Å²) < 4.78 is 0. The van der Waals surface area contributed by atoms with Crippen LogP contribution in [0.25, 0.3) is 0 Å². The molecule has 1 aliphatic heterocycles. The monoisotopic (exact) mass is 283 g/mol. The Labute approximate surface area is 122 Å². The van der Waals surface area contributed by atoms with Crippen LogP contribution in [0.4, 0.5) is 0 Å². The normalized spacial score (nSPS) is 16.5. The molecule has 5 nitrogen and oxygen atoms in total. The molecule has 0 aromatic rings. The average molecular weight is 283 g/mol. The van der Waals surface area contributed by atoms with Crippen LogP contribution in [0.3, 0.4) is 0 Å². The van der Waals surface area contributed by atoms with Gasteiger partial charge in [0.25, 0.3) is 0 Å². The fraction of sp³-hybridized carbons (Fsp3) is 0.867. The maximum absolute atomic E-state index is 11.8. The molecule has 0 aromatic carbocycles. The lowest BCUT2D eigenvalue weighted by Crippen LogP contribution is -2.34. The zero-order valence-corrected chi connectivity index (χ0v) is 12.9. The number of carbonyl (C=O) groups is 2. The van der Waals surface area contributed by atoms with Crippen LogP contribution in [0.2, 0.25) is 0 Å². The number of nitrogens with two attached hydrogens (primary N) is 1. The summed E-state index contributed by atoms with van der Waals surface area (Å²) in [6.45, 7) is 6.99. The van der Waals surface area contributed by atoms with Crippen molar-refractivity contribution in [2.24, 2.45) is 17.6 Å². The molecular weight excluding hydrogens is 254 g/mol. The molecule has 0 aromatic heterocycles. The first-order chi connectivity index (χ1) is 9.52. The fourth-order valence-corrected chi connectivity index (χ4v) is 2.70. The summed E-state index contributed by atoms with van der Waals surface area (Å²) in [5.74, 6) is 0.952. The van der Waals surface area contributed by atoms with E-state index in [1.165, 1.54) is 0 Å². The van der Waals surface area contributed by atoms with E-state index in [9.17, 15) is 9.59 Å². The number of carbonyl (C=O) groups excluding carboxylic acids is 2. The fourth-order valence-electron chi connectivity index (χ4n) is 2.70. The van der Waals surface area contributed by atoms with Crippen LogP contribution in [0, 0.1) is 11.8 Å². The van der Waals surface area contributed by atoms with Gasteiger partial charge in [0.05, 0.1) is 0 Å². The van der Waals surface area contributed by atoms with E-state index >= 15 is 0 Å². The second-order valence-electron chi connectivity index (χ2n) is 6.12. The third-order valence-corrected chi connectivity index (χ3v) is 3.73. The van der Waals surface area contributed by atoms with Gasteiger partial charge < -0.3 is 16.0 Å². The molecule has 0 bridgehead atoms. The van der Waals surface area contributed by atoms with E-state index in [-0.39, 0.29) is 17.7 Å². The quantitative estimate of drug-likeness (QED) is 0.701. The molecule has 3 N–H and O–H groups in total. The van der Waals surface area contributed by atoms with Gasteiger partial charge in [0.1, 0.15) is 0 Å². The molecule has 20 heavy (non-hydrogen) atoms. The van der Waals surface area contributed by atoms with Crippen molar-refractivity contribution < 1.29 is 9.59 Å². The Morgan fingerprint density at radius 3 is 2.45 bits per heavy atom. The van der Waals surface area contributed by atoms with Crippen molar-refractivity contribution >= 4 is 11.8 Å². The number of nitrogens with zero attached hydrogens (tertiary/aromatic N) is 1. The van der Waals surface area contributed by atoms with Gasteiger partial charge in [0.2, 0.25) is 11.8 Å². The third kappa shape index (κ3) is 6.37. The minimum atomic E-state index is 0.00956. The van der Waals surface area contributed by atoms with E-state index in [1.807, 2.05) is 4.90 Å². The minimum absolute atomic E-state index is 0.00956. The molecule has 1 aliphatic rings. The zero-order chi connectivity index (χ0) is 15.0. The summed E-state index contributed by atoms with van der Waals surface area (Å²) >= 11 is 0. The molecule has 1 saturated heterocycles. The molecule has 5 heteroatoms. The van der Waals surface area contributed by atoms with Crippen molar-refractivity contribution in [2.75, 3.05) is 26.2 Å². The third-order valence-electron chi connectivity index (χ3n) is 3.73. The van der Waals surface area contributed by atoms with E-state index in [0.717, 1.165) is 32.4 Å². The Morgan fingerprint density at radius 1 is 1.25 bits per heavy atom. The topological polar surface area (TPSA) is 75.4 Å². The van der Waals surface area contributed by atoms with Crippen LogP contribution < -0.4 is 11.1 Å². The second kappa shape index (κ2) is 8.95. The minimum Gasteiger partial charge on any atom is -0.356 e. The molecule has 0 saturated carbocycles. The Bertz CT molecular complexity index is 312. The van der Waals surface area contributed by atoms with Crippen molar-refractivity contribution in [3.05, 3.63) is 0 Å². The van der Waals surface area contributed by atoms with Gasteiger partial charge >= 0.3 is 0 Å². The van der Waals surface area contributed by atoms with Crippen molar-refractivity contribution in [1.29, 1.82) is 0 Å². The maximum atomic E-state index is 11.8. The number of rotatable bonds is 8. The highest BCUT2D eigenvalue weighted by Crippen LogP contribution is 2.14. The molecule has 1 heterocycles. The largest absolute Gasteiger partial charge is 0.356 e. The summed E-state index contributed by atoms with van der Waals surface area (Å²) in [4.78, 5) is 25.5. The number of hydrogen-bond donors (Lipinski definition) is 2. The summed E-state index contributed by atoms with van der Waals surface area (Å²) in [5.41, 5.74) is 5.69. The van der Waals surface area contributed by atoms with Gasteiger partial charge in [-0.05, 0) is 37.6 Å². The van der Waals surface area contributed by atoms with Gasteiger partial charge in [-0.15, -0.1) is 0 Å². The molecule has 0 aliphatic carbocycles. The van der Waals surface area contributed by atoms with E-state index in [1.54, 1.807) is 0 Å². The van der Waals surface area contributed by atoms with Crippen molar-refractivity contribution in [2.45, 2.75) is 46.0 Å². The summed E-state index contributed by atoms with van der Waals surface area (Å²) in [5, 5.41) is 2.83. The van der Waals surface area contributed by atoms with Gasteiger partial charge in [-0.25, -0.2) is 0 Å². The molecule has 0 spiro atoms. The van der Waals surface area contributed by atoms with Crippen molar-refractivity contribution in [3.8, 4) is 0 Å². The van der Waals surface area contributed by atoms with Gasteiger partial charge in [-0.1, -0.05) is 13.8 Å². The number of nitrogens with one attached hydrogen (secondary N) is 1. The Balaban J connectivity index is 2.17. The van der Waals surface area contributed by atoms with Crippen LogP contribution in [0.5, 0.6) is 0 Å². The lowest BCUT2D eigenvalue weighted by molar-refractivity contribution is -0.130. The molecule has 2 amide bonds. The van der Waals surface area contributed by atoms with E-state index in [0.29, 0.717) is 31.8 Å². The number of amides is 2. The summed E-state index contributed by atoms with van der Waals surface area (Å²) in [6.07, 6.45) is 4.05. The number of hydrogen-bond acceptors (Lipinski definition) is 3. The first kappa shape index (κ1) is 17.0. The molecule has 1 rings (SSSR count). The van der Waals surface area contributed by atoms with Crippen molar-refractivity contribution in [3.63, 3.8) is 0 Å². The summed E-state index contributed by atoms with van der Waals surface area (Å²) in [6, 6.07) is 0. The highest BCUT2D eigenvalue weighted by Gasteiger charge is 2.18. The van der Waals surface area contributed by atoms with Crippen LogP contribution in [-0.4, -0.2) is 42.9 Å². The predicted octanol–water partition coefficient (Wildman–Crippen LogP) is 1.13. The lowest BCUT2D eigenvalue weighted by Gasteiger charge is -2.17. The van der Waals surface area contributed by atoms with Crippen molar-refractivity contribution in [1.82, 2.24) is 10.2 Å². The van der Waals surface area contributed by atoms with Crippen LogP contribution in [0.15, 0.2) is 0 Å². The smallest absolute Gasteiger partial charge is 0.224 e. The Hall–Kier alpha value is -1.10. The van der Waals surface area contributed by atoms with E-state index in [4.69, 9.17) is 5.73 Å². The molecule has 116 valence electrons. The molecule has 1 atom stereocenters. The highest BCUT2D eigenvalue weighted by atomic mass is 16.2. The molecule has 1 fully saturated rings. The molecule has 0 unspecified atom stereocenters. The second-order valence-corrected chi connectivity index (χ2v) is 6.12. The molecular formula is C15H29N3O2. The Kier molecular flexibility index (Phi) is 7.59. The van der Waals surface area contributed by atoms with E-state index in [2.05, 4.69) is 19.2 Å². The standard InChI is InChI=1S/C15H29N3O2/c1-12(2)9-13(11-16)10-14(19)17-6-5-15(20)18-7-3-4-8-18/h12-13H,3-11,16H2,1-2H3,(H,17,19)/t13-/m0/s1. The lowest BCUT2D eigenvalue weighted by atomic mass is 9.94. The molecule has 0 radical (unpaired) electrons. The van der Waals surface area contributed by atoms with Crippen LogP contribution in [-0.2, 0) is 9.59 Å². The Morgan fingerprint density at radius 2 is 1.90 bits per heavy atom. The van der Waals surface area contributed by atoms with Gasteiger partial charge in [0.15, 0.2) is 0 Å². The predicted molar refractivity (Wildman–Crippen MR) is 80.1 cm³/mol. The van der Waals surface area contributed by atoms with Gasteiger partial charge in [-0.2, -0.15) is 0 Å². The highest BCUT2D eigenvalue weighted by molar-refractivity contribution is 5.79. The van der Waals surface area contributed by atoms with Gasteiger partial charge in [-0.3, -0.25) is 9.59 Å².